The van der Waals surface area contributed by atoms with Gasteiger partial charge in [-0.25, -0.2) is 0 Å². The van der Waals surface area contributed by atoms with Gasteiger partial charge < -0.3 is 20.4 Å². The fraction of sp³-hybridized carbons (Fsp3) is 0.179. The Morgan fingerprint density at radius 3 is 2.59 bits per heavy atom. The van der Waals surface area contributed by atoms with Gasteiger partial charge in [0.25, 0.3) is 5.91 Å². The Labute approximate surface area is 238 Å². The van der Waals surface area contributed by atoms with Crippen molar-refractivity contribution in [2.24, 2.45) is 0 Å². The maximum Gasteiger partial charge on any atom is 0.316 e. The van der Waals surface area contributed by atoms with Gasteiger partial charge in [-0.1, -0.05) is 48.0 Å². The second-order valence-electron chi connectivity index (χ2n) is 9.59. The SMILES string of the molecule is O=C1NCc2ccc(NC(=O)C(Cc3ccccc3)N3CCN(c4cc(Cl)ccc4-n4cnnn4)C(=O)C3=O)cc21. The second-order valence-corrected chi connectivity index (χ2v) is 10.0. The number of carbonyl (C=O) groups excluding carboxylic acids is 4. The monoisotopic (exact) mass is 570 g/mol. The molecule has 3 aromatic carbocycles. The maximum atomic E-state index is 13.7. The number of nitrogens with zero attached hydrogens (tertiary/aromatic N) is 6. The minimum atomic E-state index is -0.989. The molecular weight excluding hydrogens is 548 g/mol. The number of nitrogens with one attached hydrogen (secondary N) is 2. The number of rotatable bonds is 7. The van der Waals surface area contributed by atoms with Crippen LogP contribution in [0.3, 0.4) is 0 Å². The Bertz CT molecular complexity index is 1660. The first kappa shape index (κ1) is 26.1. The van der Waals surface area contributed by atoms with E-state index in [2.05, 4.69) is 26.2 Å². The molecule has 3 heterocycles. The highest BCUT2D eigenvalue weighted by Crippen LogP contribution is 2.30. The van der Waals surface area contributed by atoms with Gasteiger partial charge >= 0.3 is 11.8 Å². The van der Waals surface area contributed by atoms with Crippen molar-refractivity contribution in [1.29, 1.82) is 0 Å². The van der Waals surface area contributed by atoms with E-state index in [0.29, 0.717) is 34.2 Å². The smallest absolute Gasteiger partial charge is 0.316 e. The minimum absolute atomic E-state index is 0.0870. The van der Waals surface area contributed by atoms with E-state index in [1.165, 1.54) is 20.8 Å². The topological polar surface area (TPSA) is 142 Å². The molecule has 2 aliphatic rings. The highest BCUT2D eigenvalue weighted by atomic mass is 35.5. The summed E-state index contributed by atoms with van der Waals surface area (Å²) in [6.45, 7) is 0.628. The van der Waals surface area contributed by atoms with Crippen molar-refractivity contribution < 1.29 is 19.2 Å². The molecule has 0 saturated carbocycles. The fourth-order valence-electron chi connectivity index (χ4n) is 5.05. The molecule has 6 rings (SSSR count). The van der Waals surface area contributed by atoms with Crippen LogP contribution in [0.1, 0.15) is 21.5 Å². The summed E-state index contributed by atoms with van der Waals surface area (Å²) in [6, 6.07) is 18.2. The van der Waals surface area contributed by atoms with Crippen LogP contribution in [0.15, 0.2) is 73.1 Å². The van der Waals surface area contributed by atoms with E-state index >= 15 is 0 Å². The molecule has 1 atom stereocenters. The Morgan fingerprint density at radius 1 is 0.976 bits per heavy atom. The second kappa shape index (κ2) is 10.8. The zero-order valence-electron chi connectivity index (χ0n) is 21.5. The molecule has 0 spiro atoms. The van der Waals surface area contributed by atoms with E-state index in [4.69, 9.17) is 11.6 Å². The number of tetrazole rings is 1. The van der Waals surface area contributed by atoms with Crippen LogP contribution >= 0.6 is 11.6 Å². The molecule has 0 aliphatic carbocycles. The highest BCUT2D eigenvalue weighted by Gasteiger charge is 2.40. The van der Waals surface area contributed by atoms with Gasteiger partial charge in [0.05, 0.1) is 11.4 Å². The molecule has 4 amide bonds. The molecule has 206 valence electrons. The van der Waals surface area contributed by atoms with Crippen LogP contribution in [-0.4, -0.2) is 67.9 Å². The first-order valence-electron chi connectivity index (χ1n) is 12.8. The molecule has 1 unspecified atom stereocenters. The van der Waals surface area contributed by atoms with Crippen LogP contribution in [0.5, 0.6) is 0 Å². The van der Waals surface area contributed by atoms with Crippen molar-refractivity contribution in [2.45, 2.75) is 19.0 Å². The molecule has 2 aliphatic heterocycles. The quantitative estimate of drug-likeness (QED) is 0.323. The molecule has 2 N–H and O–H groups in total. The van der Waals surface area contributed by atoms with Crippen molar-refractivity contribution in [3.63, 3.8) is 0 Å². The molecule has 1 aromatic heterocycles. The van der Waals surface area contributed by atoms with Gasteiger partial charge in [-0.3, -0.25) is 19.2 Å². The standard InChI is InChI=1S/C28H23ClN8O4/c29-19-7-9-22(37-16-31-33-34-37)23(13-19)35-10-11-36(28(41)27(35)40)24(12-17-4-2-1-3-5-17)26(39)32-20-8-6-18-15-30-25(38)21(18)14-20/h1-9,13-14,16,24H,10-12,15H2,(H,30,38)(H,32,39). The van der Waals surface area contributed by atoms with E-state index < -0.39 is 23.8 Å². The lowest BCUT2D eigenvalue weighted by Crippen LogP contribution is -2.60. The van der Waals surface area contributed by atoms with Gasteiger partial charge in [0.1, 0.15) is 12.4 Å². The van der Waals surface area contributed by atoms with Crippen molar-refractivity contribution in [3.8, 4) is 5.69 Å². The molecule has 41 heavy (non-hydrogen) atoms. The third kappa shape index (κ3) is 5.12. The summed E-state index contributed by atoms with van der Waals surface area (Å²) in [6.07, 6.45) is 1.56. The lowest BCUT2D eigenvalue weighted by Gasteiger charge is -2.38. The summed E-state index contributed by atoms with van der Waals surface area (Å²) in [5.74, 6) is -2.33. The first-order valence-corrected chi connectivity index (χ1v) is 13.2. The predicted molar refractivity (Wildman–Crippen MR) is 148 cm³/mol. The molecule has 1 saturated heterocycles. The van der Waals surface area contributed by atoms with E-state index in [9.17, 15) is 19.2 Å². The van der Waals surface area contributed by atoms with Gasteiger partial charge in [-0.05, 0) is 51.9 Å². The van der Waals surface area contributed by atoms with Crippen LogP contribution in [0.4, 0.5) is 11.4 Å². The van der Waals surface area contributed by atoms with E-state index in [1.54, 1.807) is 36.4 Å². The number of fused-ring (bicyclic) bond motifs is 1. The maximum absolute atomic E-state index is 13.7. The molecule has 4 aromatic rings. The lowest BCUT2D eigenvalue weighted by atomic mass is 10.0. The Balaban J connectivity index is 1.28. The predicted octanol–water partition coefficient (Wildman–Crippen LogP) is 1.98. The summed E-state index contributed by atoms with van der Waals surface area (Å²) in [5.41, 5.74) is 3.40. The van der Waals surface area contributed by atoms with Crippen molar-refractivity contribution >= 4 is 46.6 Å². The zero-order valence-corrected chi connectivity index (χ0v) is 22.3. The Morgan fingerprint density at radius 2 is 1.80 bits per heavy atom. The van der Waals surface area contributed by atoms with Gasteiger partial charge in [-0.2, -0.15) is 4.68 Å². The third-order valence-corrected chi connectivity index (χ3v) is 7.32. The highest BCUT2D eigenvalue weighted by molar-refractivity contribution is 6.41. The van der Waals surface area contributed by atoms with Gasteiger partial charge in [0.2, 0.25) is 5.91 Å². The van der Waals surface area contributed by atoms with Crippen LogP contribution in [0, 0.1) is 0 Å². The average molecular weight is 571 g/mol. The van der Waals surface area contributed by atoms with Crippen molar-refractivity contribution in [1.82, 2.24) is 30.4 Å². The molecule has 1 fully saturated rings. The third-order valence-electron chi connectivity index (χ3n) is 7.09. The number of piperazine rings is 1. The number of amides is 4. The average Bonchev–Trinajstić information content (AvgIpc) is 3.64. The number of anilines is 2. The normalized spacial score (nSPS) is 15.5. The number of hydrogen-bond donors (Lipinski definition) is 2. The molecular formula is C28H23ClN8O4. The van der Waals surface area contributed by atoms with Crippen LogP contribution in [0.25, 0.3) is 5.69 Å². The Hall–Kier alpha value is -5.10. The number of aromatic nitrogens is 4. The van der Waals surface area contributed by atoms with Crippen molar-refractivity contribution in [3.05, 3.63) is 94.8 Å². The number of hydrogen-bond acceptors (Lipinski definition) is 7. The largest absolute Gasteiger partial charge is 0.348 e. The molecule has 0 bridgehead atoms. The number of benzene rings is 3. The number of carbonyl (C=O) groups is 4. The van der Waals surface area contributed by atoms with Crippen LogP contribution < -0.4 is 15.5 Å². The van der Waals surface area contributed by atoms with Crippen LogP contribution in [-0.2, 0) is 27.3 Å². The molecule has 0 radical (unpaired) electrons. The van der Waals surface area contributed by atoms with Crippen molar-refractivity contribution in [2.75, 3.05) is 23.3 Å². The summed E-state index contributed by atoms with van der Waals surface area (Å²) in [5, 5.41) is 17.1. The van der Waals surface area contributed by atoms with Crippen LogP contribution in [0.2, 0.25) is 5.02 Å². The van der Waals surface area contributed by atoms with Gasteiger partial charge in [0.15, 0.2) is 0 Å². The summed E-state index contributed by atoms with van der Waals surface area (Å²) in [7, 11) is 0. The summed E-state index contributed by atoms with van der Waals surface area (Å²) < 4.78 is 1.37. The zero-order chi connectivity index (χ0) is 28.5. The molecule has 13 heteroatoms. The Kier molecular flexibility index (Phi) is 6.89. The minimum Gasteiger partial charge on any atom is -0.348 e. The first-order chi connectivity index (χ1) is 19.9. The van der Waals surface area contributed by atoms with E-state index in [-0.39, 0.29) is 25.4 Å². The van der Waals surface area contributed by atoms with Gasteiger partial charge in [-0.15, -0.1) is 5.10 Å². The van der Waals surface area contributed by atoms with E-state index in [0.717, 1.165) is 11.1 Å². The summed E-state index contributed by atoms with van der Waals surface area (Å²) >= 11 is 6.24. The number of halogens is 1. The molecule has 12 nitrogen and oxygen atoms in total. The fourth-order valence-corrected chi connectivity index (χ4v) is 5.22. The lowest BCUT2D eigenvalue weighted by molar-refractivity contribution is -0.149. The van der Waals surface area contributed by atoms with E-state index in [1.807, 2.05) is 30.3 Å². The summed E-state index contributed by atoms with van der Waals surface area (Å²) in [4.78, 5) is 55.6. The van der Waals surface area contributed by atoms with Gasteiger partial charge in [0, 0.05) is 42.3 Å².